The molecule has 2 aliphatic heterocycles. The highest BCUT2D eigenvalue weighted by Crippen LogP contribution is 2.35. The summed E-state index contributed by atoms with van der Waals surface area (Å²) in [5, 5.41) is 48.7. The maximum absolute atomic E-state index is 12.6. The van der Waals surface area contributed by atoms with Gasteiger partial charge < -0.3 is 55.7 Å². The van der Waals surface area contributed by atoms with Gasteiger partial charge in [0.15, 0.2) is 12.6 Å². The van der Waals surface area contributed by atoms with E-state index in [0.717, 1.165) is 19.3 Å². The lowest BCUT2D eigenvalue weighted by Crippen LogP contribution is -2.68. The number of amides is 1. The maximum atomic E-state index is 12.6. The summed E-state index contributed by atoms with van der Waals surface area (Å²) in [7, 11) is 1.61. The SMILES string of the molecule is CC[C@@H]1CCC(N)[C@@H](OC2C(O)C(O[C@H]3OCC(C)(O)[C@H](NC)C3O)[C@H](NC(=O)[C@@H](O)CC)C[C@@H]2C)O1. The second-order valence-corrected chi connectivity index (χ2v) is 11.0. The van der Waals surface area contributed by atoms with Gasteiger partial charge in [-0.1, -0.05) is 20.8 Å². The van der Waals surface area contributed by atoms with Crippen LogP contribution in [-0.2, 0) is 23.7 Å². The number of rotatable bonds is 9. The van der Waals surface area contributed by atoms with Crippen LogP contribution in [0.2, 0.25) is 0 Å². The summed E-state index contributed by atoms with van der Waals surface area (Å²) >= 11 is 0. The third kappa shape index (κ3) is 6.99. The van der Waals surface area contributed by atoms with Crippen molar-refractivity contribution in [1.29, 1.82) is 0 Å². The fourth-order valence-corrected chi connectivity index (χ4v) is 5.61. The summed E-state index contributed by atoms with van der Waals surface area (Å²) in [6.07, 6.45) is -4.37. The number of nitrogens with one attached hydrogen (secondary N) is 2. The summed E-state index contributed by atoms with van der Waals surface area (Å²) in [5.41, 5.74) is 4.93. The Labute approximate surface area is 219 Å². The van der Waals surface area contributed by atoms with Crippen molar-refractivity contribution in [2.75, 3.05) is 13.7 Å². The maximum Gasteiger partial charge on any atom is 0.249 e. The van der Waals surface area contributed by atoms with Crippen molar-refractivity contribution in [3.05, 3.63) is 0 Å². The number of carbonyl (C=O) groups is 1. The van der Waals surface area contributed by atoms with Gasteiger partial charge in [-0.3, -0.25) is 4.79 Å². The van der Waals surface area contributed by atoms with Gasteiger partial charge in [0.1, 0.15) is 30.0 Å². The topological polar surface area (TPSA) is 185 Å². The minimum Gasteiger partial charge on any atom is -0.388 e. The van der Waals surface area contributed by atoms with Crippen LogP contribution in [0.15, 0.2) is 0 Å². The summed E-state index contributed by atoms with van der Waals surface area (Å²) < 4.78 is 24.1. The van der Waals surface area contributed by atoms with Crippen molar-refractivity contribution in [2.24, 2.45) is 11.7 Å². The highest BCUT2D eigenvalue weighted by Gasteiger charge is 2.51. The molecule has 2 saturated heterocycles. The van der Waals surface area contributed by atoms with Gasteiger partial charge in [0.05, 0.1) is 36.9 Å². The molecule has 0 bridgehead atoms. The van der Waals surface area contributed by atoms with Crippen LogP contribution in [0.3, 0.4) is 0 Å². The van der Waals surface area contributed by atoms with Crippen molar-refractivity contribution < 1.29 is 44.2 Å². The van der Waals surface area contributed by atoms with Crippen LogP contribution in [0.25, 0.3) is 0 Å². The van der Waals surface area contributed by atoms with E-state index in [4.69, 9.17) is 24.7 Å². The highest BCUT2D eigenvalue weighted by atomic mass is 16.7. The molecule has 37 heavy (non-hydrogen) atoms. The van der Waals surface area contributed by atoms with Gasteiger partial charge in [-0.25, -0.2) is 0 Å². The molecule has 3 rings (SSSR count). The van der Waals surface area contributed by atoms with Gasteiger partial charge in [0.25, 0.3) is 0 Å². The summed E-state index contributed by atoms with van der Waals surface area (Å²) in [6.45, 7) is 7.04. The standard InChI is InChI=1S/C25H47N3O9/c1-6-13-8-9-14(26)23(35-13)36-19-12(3)10-15(28-22(32)16(29)7-2)20(17(19)30)37-24-18(31)21(27-5)25(4,33)11-34-24/h12-21,23-24,27,29-31,33H,6-11,26H2,1-5H3,(H,28,32)/t12-,13+,14?,15+,16-,17?,18?,19?,20?,21+,23+,24+,25?/m0/s1. The molecular weight excluding hydrogens is 486 g/mol. The molecule has 12 heteroatoms. The first-order chi connectivity index (χ1) is 17.4. The molecule has 1 aliphatic carbocycles. The largest absolute Gasteiger partial charge is 0.388 e. The van der Waals surface area contributed by atoms with Crippen LogP contribution in [0.4, 0.5) is 0 Å². The fourth-order valence-electron chi connectivity index (χ4n) is 5.61. The predicted octanol–water partition coefficient (Wildman–Crippen LogP) is -1.29. The van der Waals surface area contributed by atoms with Gasteiger partial charge in [-0.15, -0.1) is 0 Å². The molecule has 1 amide bonds. The van der Waals surface area contributed by atoms with Crippen LogP contribution >= 0.6 is 0 Å². The first kappa shape index (κ1) is 30.6. The van der Waals surface area contributed by atoms with Crippen molar-refractivity contribution >= 4 is 5.91 Å². The third-order valence-corrected chi connectivity index (χ3v) is 7.95. The minimum atomic E-state index is -1.34. The van der Waals surface area contributed by atoms with Gasteiger partial charge in [0, 0.05) is 0 Å². The van der Waals surface area contributed by atoms with E-state index in [1.807, 2.05) is 13.8 Å². The molecule has 216 valence electrons. The Balaban J connectivity index is 1.81. The zero-order chi connectivity index (χ0) is 27.5. The molecule has 12 nitrogen and oxygen atoms in total. The number of hydrogen-bond acceptors (Lipinski definition) is 11. The molecule has 0 radical (unpaired) electrons. The van der Waals surface area contributed by atoms with Crippen molar-refractivity contribution in [3.8, 4) is 0 Å². The lowest BCUT2D eigenvalue weighted by atomic mass is 9.79. The van der Waals surface area contributed by atoms with E-state index in [2.05, 4.69) is 10.6 Å². The molecule has 8 N–H and O–H groups in total. The molecule has 1 saturated carbocycles. The van der Waals surface area contributed by atoms with E-state index in [9.17, 15) is 25.2 Å². The van der Waals surface area contributed by atoms with E-state index < -0.39 is 66.7 Å². The Bertz CT molecular complexity index is 744. The Morgan fingerprint density at radius 1 is 1.16 bits per heavy atom. The number of likely N-dealkylation sites (N-methyl/N-ethyl adjacent to an activating group) is 1. The number of ether oxygens (including phenoxy) is 4. The summed E-state index contributed by atoms with van der Waals surface area (Å²) in [6, 6.07) is -1.80. The van der Waals surface area contributed by atoms with Crippen LogP contribution < -0.4 is 16.4 Å². The van der Waals surface area contributed by atoms with E-state index >= 15 is 0 Å². The van der Waals surface area contributed by atoms with Crippen LogP contribution in [0, 0.1) is 5.92 Å². The van der Waals surface area contributed by atoms with Gasteiger partial charge >= 0.3 is 0 Å². The third-order valence-electron chi connectivity index (χ3n) is 7.95. The molecule has 13 atom stereocenters. The van der Waals surface area contributed by atoms with Gasteiger partial charge in [-0.2, -0.15) is 0 Å². The monoisotopic (exact) mass is 533 g/mol. The zero-order valence-electron chi connectivity index (χ0n) is 22.6. The van der Waals surface area contributed by atoms with E-state index in [1.54, 1.807) is 20.9 Å². The normalized spacial score (nSPS) is 45.8. The number of hydrogen-bond donors (Lipinski definition) is 7. The lowest BCUT2D eigenvalue weighted by Gasteiger charge is -2.49. The van der Waals surface area contributed by atoms with Crippen LogP contribution in [0.1, 0.15) is 59.8 Å². The molecule has 3 fully saturated rings. The van der Waals surface area contributed by atoms with Crippen molar-refractivity contribution in [1.82, 2.24) is 10.6 Å². The van der Waals surface area contributed by atoms with Crippen LogP contribution in [-0.4, -0.2) is 113 Å². The zero-order valence-corrected chi connectivity index (χ0v) is 22.6. The number of aliphatic hydroxyl groups excluding tert-OH is 3. The fraction of sp³-hybridized carbons (Fsp3) is 0.960. The molecule has 6 unspecified atom stereocenters. The van der Waals surface area contributed by atoms with Crippen LogP contribution in [0.5, 0.6) is 0 Å². The van der Waals surface area contributed by atoms with E-state index in [0.29, 0.717) is 6.42 Å². The molecule has 2 heterocycles. The number of carbonyl (C=O) groups excluding carboxylic acids is 1. The second-order valence-electron chi connectivity index (χ2n) is 11.0. The van der Waals surface area contributed by atoms with Gasteiger partial charge in [-0.05, 0) is 52.0 Å². The molecule has 0 aromatic carbocycles. The average Bonchev–Trinajstić information content (AvgIpc) is 2.85. The van der Waals surface area contributed by atoms with E-state index in [-0.39, 0.29) is 31.1 Å². The minimum absolute atomic E-state index is 0.0208. The van der Waals surface area contributed by atoms with Crippen molar-refractivity contribution in [2.45, 2.75) is 133 Å². The Kier molecular flexibility index (Phi) is 10.7. The second kappa shape index (κ2) is 12.9. The molecule has 0 spiro atoms. The first-order valence-corrected chi connectivity index (χ1v) is 13.5. The quantitative estimate of drug-likeness (QED) is 0.187. The predicted molar refractivity (Wildman–Crippen MR) is 133 cm³/mol. The lowest BCUT2D eigenvalue weighted by molar-refractivity contribution is -0.311. The summed E-state index contributed by atoms with van der Waals surface area (Å²) in [5.74, 6) is -0.802. The smallest absolute Gasteiger partial charge is 0.249 e. The Morgan fingerprint density at radius 2 is 1.84 bits per heavy atom. The molecule has 0 aromatic heterocycles. The Morgan fingerprint density at radius 3 is 2.46 bits per heavy atom. The number of nitrogens with two attached hydrogens (primary N) is 1. The first-order valence-electron chi connectivity index (χ1n) is 13.5. The van der Waals surface area contributed by atoms with E-state index in [1.165, 1.54) is 0 Å². The van der Waals surface area contributed by atoms with Gasteiger partial charge in [0.2, 0.25) is 5.91 Å². The average molecular weight is 534 g/mol. The molecule has 3 aliphatic rings. The Hall–Kier alpha value is -0.930. The highest BCUT2D eigenvalue weighted by molar-refractivity contribution is 5.80. The summed E-state index contributed by atoms with van der Waals surface area (Å²) in [4.78, 5) is 12.6. The van der Waals surface area contributed by atoms with Crippen molar-refractivity contribution in [3.63, 3.8) is 0 Å². The number of aliphatic hydroxyl groups is 4. The molecular formula is C25H47N3O9. The molecule has 0 aromatic rings.